The molecule has 0 aliphatic rings. The normalized spacial score (nSPS) is 11.9. The molecule has 0 spiro atoms. The van der Waals surface area contributed by atoms with Gasteiger partial charge >= 0.3 is 0 Å². The van der Waals surface area contributed by atoms with E-state index in [2.05, 4.69) is 20.5 Å². The lowest BCUT2D eigenvalue weighted by atomic mass is 10.2. The number of aromatic amines is 1. The van der Waals surface area contributed by atoms with Gasteiger partial charge in [0.05, 0.1) is 16.3 Å². The average molecular weight is 492 g/mol. The average Bonchev–Trinajstić information content (AvgIpc) is 3.40. The predicted molar refractivity (Wildman–Crippen MR) is 123 cm³/mol. The van der Waals surface area contributed by atoms with Crippen LogP contribution in [0.4, 0.5) is 5.69 Å². The van der Waals surface area contributed by atoms with Gasteiger partial charge in [0.1, 0.15) is 4.90 Å². The molecule has 32 heavy (non-hydrogen) atoms. The lowest BCUT2D eigenvalue weighted by molar-refractivity contribution is -0.113. The smallest absolute Gasteiger partial charge is 0.277 e. The maximum Gasteiger partial charge on any atom is 0.277 e. The summed E-state index contributed by atoms with van der Waals surface area (Å²) in [6.07, 6.45) is 1.79. The summed E-state index contributed by atoms with van der Waals surface area (Å²) in [6.45, 7) is 0. The van der Waals surface area contributed by atoms with E-state index < -0.39 is 10.0 Å². The molecule has 1 amide bonds. The molecule has 0 unspecified atom stereocenters. The second-order valence-corrected chi connectivity index (χ2v) is 10.3. The number of H-pyrrole nitrogens is 1. The number of hydrogen-bond acceptors (Lipinski definition) is 7. The van der Waals surface area contributed by atoms with Gasteiger partial charge in [-0.2, -0.15) is 0 Å². The van der Waals surface area contributed by atoms with Gasteiger partial charge in [0.2, 0.25) is 15.9 Å². The van der Waals surface area contributed by atoms with Gasteiger partial charge < -0.3 is 14.7 Å². The van der Waals surface area contributed by atoms with Gasteiger partial charge in [-0.15, -0.1) is 10.2 Å². The minimum absolute atomic E-state index is 0.00604. The van der Waals surface area contributed by atoms with E-state index in [1.54, 1.807) is 6.20 Å². The van der Waals surface area contributed by atoms with Crippen LogP contribution >= 0.6 is 23.4 Å². The zero-order chi connectivity index (χ0) is 22.9. The Morgan fingerprint density at radius 1 is 1.22 bits per heavy atom. The molecule has 2 heterocycles. The summed E-state index contributed by atoms with van der Waals surface area (Å²) in [5, 5.41) is 12.0. The third-order valence-electron chi connectivity index (χ3n) is 4.53. The molecule has 0 aliphatic carbocycles. The fourth-order valence-electron chi connectivity index (χ4n) is 2.93. The lowest BCUT2D eigenvalue weighted by Crippen LogP contribution is -2.23. The van der Waals surface area contributed by atoms with Crippen molar-refractivity contribution >= 4 is 55.9 Å². The molecule has 166 valence electrons. The summed E-state index contributed by atoms with van der Waals surface area (Å²) in [7, 11) is -0.936. The van der Waals surface area contributed by atoms with Crippen molar-refractivity contribution in [2.45, 2.75) is 10.1 Å². The molecule has 2 aromatic heterocycles. The Bertz CT molecular complexity index is 1400. The van der Waals surface area contributed by atoms with Crippen molar-refractivity contribution in [1.29, 1.82) is 0 Å². The number of nitrogens with one attached hydrogen (secondary N) is 2. The van der Waals surface area contributed by atoms with Gasteiger partial charge in [0.25, 0.3) is 11.1 Å². The molecule has 0 bridgehead atoms. The number of sulfonamides is 1. The van der Waals surface area contributed by atoms with Crippen molar-refractivity contribution in [3.63, 3.8) is 0 Å². The van der Waals surface area contributed by atoms with Crippen LogP contribution in [0.5, 0.6) is 0 Å². The molecule has 12 heteroatoms. The van der Waals surface area contributed by atoms with Crippen LogP contribution in [0.1, 0.15) is 0 Å². The third-order valence-corrected chi connectivity index (χ3v) is 7.64. The Balaban J connectivity index is 1.42. The van der Waals surface area contributed by atoms with E-state index in [-0.39, 0.29) is 26.8 Å². The van der Waals surface area contributed by atoms with Gasteiger partial charge in [0, 0.05) is 36.9 Å². The summed E-state index contributed by atoms with van der Waals surface area (Å²) in [5.74, 6) is -0.0209. The number of aromatic nitrogens is 3. The van der Waals surface area contributed by atoms with E-state index in [4.69, 9.17) is 16.0 Å². The molecule has 0 atom stereocenters. The van der Waals surface area contributed by atoms with Crippen molar-refractivity contribution in [2.75, 3.05) is 25.2 Å². The van der Waals surface area contributed by atoms with Gasteiger partial charge in [-0.1, -0.05) is 41.6 Å². The Labute approximate surface area is 193 Å². The van der Waals surface area contributed by atoms with Crippen LogP contribution in [0, 0.1) is 0 Å². The minimum Gasteiger partial charge on any atom is -0.411 e. The summed E-state index contributed by atoms with van der Waals surface area (Å²) in [5.41, 5.74) is 2.04. The quantitative estimate of drug-likeness (QED) is 0.376. The number of hydrogen-bond donors (Lipinski definition) is 2. The molecular formula is C20H18ClN5O4S2. The number of halogens is 1. The maximum atomic E-state index is 12.4. The zero-order valence-electron chi connectivity index (χ0n) is 17.0. The predicted octanol–water partition coefficient (Wildman–Crippen LogP) is 3.85. The molecular weight excluding hydrogens is 474 g/mol. The minimum atomic E-state index is -3.75. The standard InChI is InChI=1S/C20H18ClN5O4S2/c1-26(2)32(28,29)17-9-12(7-8-15(17)21)23-18(27)11-31-20-25-24-19(30-20)14-10-22-16-6-4-3-5-13(14)16/h3-10,22H,11H2,1-2H3,(H,23,27). The number of anilines is 1. The van der Waals surface area contributed by atoms with Gasteiger partial charge in [0.15, 0.2) is 0 Å². The van der Waals surface area contributed by atoms with Crippen molar-refractivity contribution in [3.8, 4) is 11.5 Å². The molecule has 4 rings (SSSR count). The Morgan fingerprint density at radius 3 is 2.78 bits per heavy atom. The van der Waals surface area contributed by atoms with E-state index in [9.17, 15) is 13.2 Å². The largest absolute Gasteiger partial charge is 0.411 e. The molecule has 0 aliphatic heterocycles. The number of carbonyl (C=O) groups is 1. The first-order valence-corrected chi connectivity index (χ1v) is 12.1. The highest BCUT2D eigenvalue weighted by atomic mass is 35.5. The van der Waals surface area contributed by atoms with Gasteiger partial charge in [-0.25, -0.2) is 12.7 Å². The number of nitrogens with zero attached hydrogens (tertiary/aromatic N) is 3. The topological polar surface area (TPSA) is 121 Å². The summed E-state index contributed by atoms with van der Waals surface area (Å²) < 4.78 is 31.5. The van der Waals surface area contributed by atoms with E-state index in [1.165, 1.54) is 32.3 Å². The molecule has 0 radical (unpaired) electrons. The second kappa shape index (κ2) is 8.94. The monoisotopic (exact) mass is 491 g/mol. The lowest BCUT2D eigenvalue weighted by Gasteiger charge is -2.14. The van der Waals surface area contributed by atoms with Crippen LogP contribution in [-0.4, -0.2) is 53.7 Å². The highest BCUT2D eigenvalue weighted by Crippen LogP contribution is 2.30. The fraction of sp³-hybridized carbons (Fsp3) is 0.150. The fourth-order valence-corrected chi connectivity index (χ4v) is 4.88. The van der Waals surface area contributed by atoms with Crippen molar-refractivity contribution in [1.82, 2.24) is 19.5 Å². The van der Waals surface area contributed by atoms with Crippen LogP contribution in [0.15, 0.2) is 63.2 Å². The summed E-state index contributed by atoms with van der Waals surface area (Å²) in [6, 6.07) is 12.0. The molecule has 0 saturated heterocycles. The number of rotatable bonds is 7. The number of para-hydroxylation sites is 1. The second-order valence-electron chi connectivity index (χ2n) is 6.89. The molecule has 0 saturated carbocycles. The molecule has 2 aromatic carbocycles. The highest BCUT2D eigenvalue weighted by molar-refractivity contribution is 7.99. The summed E-state index contributed by atoms with van der Waals surface area (Å²) in [4.78, 5) is 15.4. The number of carbonyl (C=O) groups excluding carboxylic acids is 1. The van der Waals surface area contributed by atoms with Crippen LogP contribution in [0.2, 0.25) is 5.02 Å². The maximum absolute atomic E-state index is 12.4. The molecule has 2 N–H and O–H groups in total. The third kappa shape index (κ3) is 4.51. The number of fused-ring (bicyclic) bond motifs is 1. The van der Waals surface area contributed by atoms with Crippen LogP contribution in [0.3, 0.4) is 0 Å². The van der Waals surface area contributed by atoms with Gasteiger partial charge in [-0.05, 0) is 24.3 Å². The number of amides is 1. The van der Waals surface area contributed by atoms with Crippen molar-refractivity contribution in [3.05, 3.63) is 53.7 Å². The first kappa shape index (κ1) is 22.3. The summed E-state index contributed by atoms with van der Waals surface area (Å²) >= 11 is 7.11. The van der Waals surface area contributed by atoms with E-state index >= 15 is 0 Å². The first-order valence-electron chi connectivity index (χ1n) is 9.30. The van der Waals surface area contributed by atoms with Crippen LogP contribution in [-0.2, 0) is 14.8 Å². The van der Waals surface area contributed by atoms with Crippen molar-refractivity contribution < 1.29 is 17.6 Å². The van der Waals surface area contributed by atoms with E-state index in [1.807, 2.05) is 24.3 Å². The van der Waals surface area contributed by atoms with Gasteiger partial charge in [-0.3, -0.25) is 4.79 Å². The van der Waals surface area contributed by atoms with Crippen LogP contribution in [0.25, 0.3) is 22.4 Å². The number of thioether (sulfide) groups is 1. The van der Waals surface area contributed by atoms with Crippen LogP contribution < -0.4 is 5.32 Å². The molecule has 9 nitrogen and oxygen atoms in total. The molecule has 4 aromatic rings. The Hall–Kier alpha value is -2.86. The van der Waals surface area contributed by atoms with E-state index in [0.717, 1.165) is 32.5 Å². The van der Waals surface area contributed by atoms with Crippen molar-refractivity contribution in [2.24, 2.45) is 0 Å². The molecule has 0 fully saturated rings. The highest BCUT2D eigenvalue weighted by Gasteiger charge is 2.21. The van der Waals surface area contributed by atoms with E-state index in [0.29, 0.717) is 11.6 Å². The zero-order valence-corrected chi connectivity index (χ0v) is 19.4. The Kier molecular flexibility index (Phi) is 6.24. The SMILES string of the molecule is CN(C)S(=O)(=O)c1cc(NC(=O)CSc2nnc(-c3c[nH]c4ccccc34)o2)ccc1Cl. The Morgan fingerprint density at radius 2 is 2.00 bits per heavy atom. The first-order chi connectivity index (χ1) is 15.3. The number of benzene rings is 2.